The summed E-state index contributed by atoms with van der Waals surface area (Å²) in [6, 6.07) is 2.26. The normalized spacial score (nSPS) is 25.1. The zero-order valence-corrected chi connectivity index (χ0v) is 12.2. The zero-order chi connectivity index (χ0) is 15.0. The second-order valence-corrected chi connectivity index (χ2v) is 6.64. The van der Waals surface area contributed by atoms with E-state index >= 15 is 0 Å². The smallest absolute Gasteiger partial charge is 0.249 e. The highest BCUT2D eigenvalue weighted by molar-refractivity contribution is 5.80. The van der Waals surface area contributed by atoms with Crippen LogP contribution in [0.5, 0.6) is 0 Å². The first-order valence-electron chi connectivity index (χ1n) is 7.33. The fourth-order valence-electron chi connectivity index (χ4n) is 3.38. The van der Waals surface area contributed by atoms with Crippen molar-refractivity contribution in [2.45, 2.75) is 51.9 Å². The number of amides is 1. The SMILES string of the molecule is CC(C)C1(CC#N)CCN(C(=O)C2CC(F)(F)C2)CC1. The average molecular weight is 284 g/mol. The van der Waals surface area contributed by atoms with Crippen LogP contribution in [0.15, 0.2) is 0 Å². The summed E-state index contributed by atoms with van der Waals surface area (Å²) in [6.07, 6.45) is 1.51. The lowest BCUT2D eigenvalue weighted by Gasteiger charge is -2.45. The molecule has 1 aliphatic carbocycles. The van der Waals surface area contributed by atoms with Crippen molar-refractivity contribution in [1.82, 2.24) is 4.90 Å². The van der Waals surface area contributed by atoms with Crippen LogP contribution in [0, 0.1) is 28.6 Å². The maximum Gasteiger partial charge on any atom is 0.249 e. The van der Waals surface area contributed by atoms with Crippen LogP contribution < -0.4 is 0 Å². The fourth-order valence-corrected chi connectivity index (χ4v) is 3.38. The summed E-state index contributed by atoms with van der Waals surface area (Å²) in [5.41, 5.74) is -0.0188. The van der Waals surface area contributed by atoms with Crippen LogP contribution in [-0.4, -0.2) is 29.8 Å². The molecule has 112 valence electrons. The summed E-state index contributed by atoms with van der Waals surface area (Å²) < 4.78 is 25.7. The third-order valence-corrected chi connectivity index (χ3v) is 5.17. The number of hydrogen-bond donors (Lipinski definition) is 0. The Balaban J connectivity index is 1.91. The van der Waals surface area contributed by atoms with Gasteiger partial charge in [0.15, 0.2) is 0 Å². The number of rotatable bonds is 3. The Labute approximate surface area is 118 Å². The second kappa shape index (κ2) is 5.31. The third kappa shape index (κ3) is 2.79. The summed E-state index contributed by atoms with van der Waals surface area (Å²) in [6.45, 7) is 5.42. The van der Waals surface area contributed by atoms with Crippen molar-refractivity contribution >= 4 is 5.91 Å². The molecular formula is C15H22F2N2O. The molecule has 0 aromatic heterocycles. The Kier molecular flexibility index (Phi) is 4.04. The second-order valence-electron chi connectivity index (χ2n) is 6.64. The highest BCUT2D eigenvalue weighted by atomic mass is 19.3. The molecule has 0 bridgehead atoms. The number of nitriles is 1. The van der Waals surface area contributed by atoms with Gasteiger partial charge in [-0.3, -0.25) is 4.79 Å². The van der Waals surface area contributed by atoms with Gasteiger partial charge in [0.2, 0.25) is 11.8 Å². The minimum atomic E-state index is -2.64. The fraction of sp³-hybridized carbons (Fsp3) is 0.867. The van der Waals surface area contributed by atoms with E-state index in [1.54, 1.807) is 4.90 Å². The molecule has 0 atom stereocenters. The Hall–Kier alpha value is -1.18. The van der Waals surface area contributed by atoms with Crippen molar-refractivity contribution in [2.24, 2.45) is 17.3 Å². The van der Waals surface area contributed by atoms with Crippen LogP contribution in [0.3, 0.4) is 0 Å². The van der Waals surface area contributed by atoms with Crippen molar-refractivity contribution in [1.29, 1.82) is 5.26 Å². The molecule has 0 spiro atoms. The maximum absolute atomic E-state index is 12.8. The van der Waals surface area contributed by atoms with Gasteiger partial charge in [-0.25, -0.2) is 8.78 Å². The van der Waals surface area contributed by atoms with Crippen LogP contribution in [0.25, 0.3) is 0 Å². The van der Waals surface area contributed by atoms with Crippen molar-refractivity contribution < 1.29 is 13.6 Å². The molecule has 2 aliphatic rings. The molecule has 0 N–H and O–H groups in total. The molecule has 3 nitrogen and oxygen atoms in total. The zero-order valence-electron chi connectivity index (χ0n) is 12.2. The van der Waals surface area contributed by atoms with E-state index in [1.807, 2.05) is 0 Å². The number of halogens is 2. The maximum atomic E-state index is 12.8. The van der Waals surface area contributed by atoms with E-state index in [0.29, 0.717) is 25.4 Å². The lowest BCUT2D eigenvalue weighted by atomic mass is 9.68. The molecule has 1 heterocycles. The van der Waals surface area contributed by atoms with Gasteiger partial charge in [-0.15, -0.1) is 0 Å². The Morgan fingerprint density at radius 1 is 1.35 bits per heavy atom. The average Bonchev–Trinajstić information content (AvgIpc) is 2.36. The Bertz CT molecular complexity index is 412. The van der Waals surface area contributed by atoms with Crippen molar-refractivity contribution in [2.75, 3.05) is 13.1 Å². The summed E-state index contributed by atoms with van der Waals surface area (Å²) in [5.74, 6) is -2.86. The molecule has 1 aliphatic heterocycles. The van der Waals surface area contributed by atoms with Gasteiger partial charge in [0.1, 0.15) is 0 Å². The number of likely N-dealkylation sites (tertiary alicyclic amines) is 1. The number of carbonyl (C=O) groups excluding carboxylic acids is 1. The lowest BCUT2D eigenvalue weighted by Crippen LogP contribution is -2.51. The van der Waals surface area contributed by atoms with E-state index in [2.05, 4.69) is 19.9 Å². The van der Waals surface area contributed by atoms with E-state index in [1.165, 1.54) is 0 Å². The molecule has 1 saturated heterocycles. The first kappa shape index (κ1) is 15.2. The quantitative estimate of drug-likeness (QED) is 0.798. The van der Waals surface area contributed by atoms with Crippen molar-refractivity contribution in [3.8, 4) is 6.07 Å². The van der Waals surface area contributed by atoms with Crippen LogP contribution >= 0.6 is 0 Å². The van der Waals surface area contributed by atoms with Gasteiger partial charge in [0, 0.05) is 38.3 Å². The highest BCUT2D eigenvalue weighted by Crippen LogP contribution is 2.45. The van der Waals surface area contributed by atoms with E-state index < -0.39 is 11.8 Å². The molecule has 0 radical (unpaired) electrons. The van der Waals surface area contributed by atoms with Crippen molar-refractivity contribution in [3.63, 3.8) is 0 Å². The van der Waals surface area contributed by atoms with Gasteiger partial charge < -0.3 is 4.90 Å². The molecule has 2 rings (SSSR count). The summed E-state index contributed by atoms with van der Waals surface area (Å²) >= 11 is 0. The van der Waals surface area contributed by atoms with Gasteiger partial charge in [0.05, 0.1) is 6.07 Å². The minimum absolute atomic E-state index is 0.0188. The topological polar surface area (TPSA) is 44.1 Å². The van der Waals surface area contributed by atoms with Gasteiger partial charge in [0.25, 0.3) is 0 Å². The number of nitrogens with zero attached hydrogens (tertiary/aromatic N) is 2. The summed E-state index contributed by atoms with van der Waals surface area (Å²) in [7, 11) is 0. The molecule has 0 aromatic carbocycles. The molecule has 1 saturated carbocycles. The molecule has 5 heteroatoms. The van der Waals surface area contributed by atoms with Gasteiger partial charge in [-0.05, 0) is 24.2 Å². The van der Waals surface area contributed by atoms with Crippen LogP contribution in [0.2, 0.25) is 0 Å². The van der Waals surface area contributed by atoms with Gasteiger partial charge in [-0.1, -0.05) is 13.8 Å². The number of carbonyl (C=O) groups is 1. The van der Waals surface area contributed by atoms with E-state index in [0.717, 1.165) is 12.8 Å². The molecule has 2 fully saturated rings. The van der Waals surface area contributed by atoms with Crippen LogP contribution in [0.1, 0.15) is 46.0 Å². The number of hydrogen-bond acceptors (Lipinski definition) is 2. The number of piperidine rings is 1. The predicted octanol–water partition coefficient (Wildman–Crippen LogP) is 3.21. The van der Waals surface area contributed by atoms with Gasteiger partial charge in [-0.2, -0.15) is 5.26 Å². The standard InChI is InChI=1S/C15H22F2N2O/c1-11(2)14(3-6-18)4-7-19(8-5-14)13(20)12-9-15(16,17)10-12/h11-12H,3-5,7-10H2,1-2H3. The molecule has 0 unspecified atom stereocenters. The predicted molar refractivity (Wildman–Crippen MR) is 71.0 cm³/mol. The highest BCUT2D eigenvalue weighted by Gasteiger charge is 2.50. The Morgan fingerprint density at radius 3 is 2.30 bits per heavy atom. The van der Waals surface area contributed by atoms with Crippen molar-refractivity contribution in [3.05, 3.63) is 0 Å². The van der Waals surface area contributed by atoms with Gasteiger partial charge >= 0.3 is 0 Å². The van der Waals surface area contributed by atoms with Crippen LogP contribution in [-0.2, 0) is 4.79 Å². The monoisotopic (exact) mass is 284 g/mol. The van der Waals surface area contributed by atoms with E-state index in [9.17, 15) is 13.6 Å². The third-order valence-electron chi connectivity index (χ3n) is 5.17. The minimum Gasteiger partial charge on any atom is -0.342 e. The van der Waals surface area contributed by atoms with E-state index in [4.69, 9.17) is 5.26 Å². The molecule has 0 aromatic rings. The summed E-state index contributed by atoms with van der Waals surface area (Å²) in [5, 5.41) is 8.99. The lowest BCUT2D eigenvalue weighted by molar-refractivity contribution is -0.162. The molecule has 20 heavy (non-hydrogen) atoms. The van der Waals surface area contributed by atoms with E-state index in [-0.39, 0.29) is 24.2 Å². The largest absolute Gasteiger partial charge is 0.342 e. The number of alkyl halides is 2. The first-order valence-corrected chi connectivity index (χ1v) is 7.33. The first-order chi connectivity index (χ1) is 9.30. The molecular weight excluding hydrogens is 262 g/mol. The van der Waals surface area contributed by atoms with Crippen LogP contribution in [0.4, 0.5) is 8.78 Å². The Morgan fingerprint density at radius 2 is 1.90 bits per heavy atom. The summed E-state index contributed by atoms with van der Waals surface area (Å²) in [4.78, 5) is 13.9. The molecule has 1 amide bonds.